The predicted molar refractivity (Wildman–Crippen MR) is 69.5 cm³/mol. The highest BCUT2D eigenvalue weighted by Gasteiger charge is 2.16. The molecular weight excluding hydrogens is 290 g/mol. The highest BCUT2D eigenvalue weighted by Crippen LogP contribution is 2.19. The minimum absolute atomic E-state index is 0.0614. The fourth-order valence-electron chi connectivity index (χ4n) is 1.84. The zero-order valence-electron chi connectivity index (χ0n) is 9.85. The van der Waals surface area contributed by atoms with Gasteiger partial charge >= 0.3 is 0 Å². The summed E-state index contributed by atoms with van der Waals surface area (Å²) < 4.78 is 26.7. The van der Waals surface area contributed by atoms with Gasteiger partial charge < -0.3 is 4.98 Å². The van der Waals surface area contributed by atoms with Gasteiger partial charge in [-0.05, 0) is 18.2 Å². The summed E-state index contributed by atoms with van der Waals surface area (Å²) in [5, 5.41) is 4.60. The first-order valence-electron chi connectivity index (χ1n) is 5.58. The number of nitrogens with one attached hydrogen (secondary N) is 1. The molecule has 0 amide bonds. The number of alkyl halides is 2. The summed E-state index contributed by atoms with van der Waals surface area (Å²) in [6, 6.07) is 6.64. The third-order valence-corrected chi connectivity index (χ3v) is 2.95. The van der Waals surface area contributed by atoms with Crippen molar-refractivity contribution in [1.29, 1.82) is 0 Å². The second kappa shape index (κ2) is 4.68. The molecule has 102 valence electrons. The van der Waals surface area contributed by atoms with E-state index in [0.717, 1.165) is 0 Å². The van der Waals surface area contributed by atoms with E-state index in [4.69, 9.17) is 11.6 Å². The SMILES string of the molecule is O=c1[nH]c(C(F)F)nc2c1cnn2-c1cccc(Cl)c1. The Labute approximate surface area is 115 Å². The molecule has 0 atom stereocenters. The number of rotatable bonds is 2. The lowest BCUT2D eigenvalue weighted by Crippen LogP contribution is -2.12. The van der Waals surface area contributed by atoms with Crippen LogP contribution in [-0.4, -0.2) is 19.7 Å². The zero-order chi connectivity index (χ0) is 14.3. The standard InChI is InChI=1S/C12H7ClF2N4O/c13-6-2-1-3-7(4-6)19-11-8(5-16-19)12(20)18-10(17-11)9(14)15/h1-5,9H,(H,17,18,20). The van der Waals surface area contributed by atoms with Crippen LogP contribution in [0, 0.1) is 0 Å². The van der Waals surface area contributed by atoms with Gasteiger partial charge in [-0.3, -0.25) is 4.79 Å². The Kier molecular flexibility index (Phi) is 2.98. The number of hydrogen-bond donors (Lipinski definition) is 1. The van der Waals surface area contributed by atoms with Gasteiger partial charge in [0.1, 0.15) is 5.39 Å². The average Bonchev–Trinajstić information content (AvgIpc) is 2.83. The van der Waals surface area contributed by atoms with Crippen molar-refractivity contribution in [2.45, 2.75) is 6.43 Å². The van der Waals surface area contributed by atoms with Gasteiger partial charge in [0, 0.05) is 5.02 Å². The van der Waals surface area contributed by atoms with E-state index in [9.17, 15) is 13.6 Å². The molecule has 0 saturated carbocycles. The Morgan fingerprint density at radius 2 is 2.15 bits per heavy atom. The van der Waals surface area contributed by atoms with Crippen molar-refractivity contribution < 1.29 is 8.78 Å². The first-order valence-corrected chi connectivity index (χ1v) is 5.96. The van der Waals surface area contributed by atoms with Crippen molar-refractivity contribution >= 4 is 22.6 Å². The Hall–Kier alpha value is -2.28. The molecule has 0 aliphatic carbocycles. The van der Waals surface area contributed by atoms with Crippen molar-refractivity contribution in [3.8, 4) is 5.69 Å². The van der Waals surface area contributed by atoms with Crippen LogP contribution in [0.25, 0.3) is 16.7 Å². The van der Waals surface area contributed by atoms with Crippen LogP contribution in [0.5, 0.6) is 0 Å². The molecule has 0 bridgehead atoms. The summed E-state index contributed by atoms with van der Waals surface area (Å²) in [6.45, 7) is 0. The largest absolute Gasteiger partial charge is 0.305 e. The van der Waals surface area contributed by atoms with Crippen molar-refractivity contribution in [3.05, 3.63) is 51.7 Å². The number of H-pyrrole nitrogens is 1. The lowest BCUT2D eigenvalue weighted by Gasteiger charge is -2.04. The van der Waals surface area contributed by atoms with E-state index in [1.165, 1.54) is 10.9 Å². The second-order valence-electron chi connectivity index (χ2n) is 4.03. The first-order chi connectivity index (χ1) is 9.56. The first kappa shape index (κ1) is 12.7. The molecule has 3 aromatic rings. The van der Waals surface area contributed by atoms with Crippen LogP contribution in [0.1, 0.15) is 12.2 Å². The molecular formula is C12H7ClF2N4O. The van der Waals surface area contributed by atoms with Crippen LogP contribution in [0.3, 0.4) is 0 Å². The number of fused-ring (bicyclic) bond motifs is 1. The number of benzene rings is 1. The molecule has 8 heteroatoms. The van der Waals surface area contributed by atoms with E-state index in [2.05, 4.69) is 10.1 Å². The lowest BCUT2D eigenvalue weighted by atomic mass is 10.3. The molecule has 2 heterocycles. The Balaban J connectivity index is 2.30. The van der Waals surface area contributed by atoms with Crippen LogP contribution >= 0.6 is 11.6 Å². The fraction of sp³-hybridized carbons (Fsp3) is 0.0833. The normalized spacial score (nSPS) is 11.4. The topological polar surface area (TPSA) is 63.6 Å². The molecule has 0 spiro atoms. The Morgan fingerprint density at radius 3 is 2.85 bits per heavy atom. The number of aromatic nitrogens is 4. The number of nitrogens with zero attached hydrogens (tertiary/aromatic N) is 3. The van der Waals surface area contributed by atoms with Gasteiger partial charge in [0.25, 0.3) is 12.0 Å². The summed E-state index contributed by atoms with van der Waals surface area (Å²) in [7, 11) is 0. The zero-order valence-corrected chi connectivity index (χ0v) is 10.6. The third kappa shape index (κ3) is 2.05. The molecule has 20 heavy (non-hydrogen) atoms. The Bertz CT molecular complexity index is 843. The van der Waals surface area contributed by atoms with Crippen LogP contribution in [0.4, 0.5) is 8.78 Å². The number of halogens is 3. The molecule has 0 aliphatic rings. The van der Waals surface area contributed by atoms with Crippen LogP contribution in [0.2, 0.25) is 5.02 Å². The summed E-state index contributed by atoms with van der Waals surface area (Å²) in [5.74, 6) is -0.689. The van der Waals surface area contributed by atoms with E-state index in [1.807, 2.05) is 4.98 Å². The fourth-order valence-corrected chi connectivity index (χ4v) is 2.02. The minimum atomic E-state index is -2.87. The van der Waals surface area contributed by atoms with E-state index >= 15 is 0 Å². The minimum Gasteiger partial charge on any atom is -0.305 e. The van der Waals surface area contributed by atoms with E-state index in [1.54, 1.807) is 24.3 Å². The molecule has 0 saturated heterocycles. The summed E-state index contributed by atoms with van der Waals surface area (Å²) in [5.41, 5.74) is -0.0595. The molecule has 0 fully saturated rings. The van der Waals surface area contributed by atoms with Gasteiger partial charge in [0.2, 0.25) is 0 Å². The smallest absolute Gasteiger partial charge is 0.295 e. The summed E-state index contributed by atoms with van der Waals surface area (Å²) in [6.07, 6.45) is -1.59. The predicted octanol–water partition coefficient (Wildman–Crippen LogP) is 2.70. The maximum Gasteiger partial charge on any atom is 0.295 e. The highest BCUT2D eigenvalue weighted by atomic mass is 35.5. The maximum absolute atomic E-state index is 12.7. The Morgan fingerprint density at radius 1 is 1.35 bits per heavy atom. The van der Waals surface area contributed by atoms with Gasteiger partial charge in [-0.25, -0.2) is 18.4 Å². The van der Waals surface area contributed by atoms with Crippen molar-refractivity contribution in [2.75, 3.05) is 0 Å². The van der Waals surface area contributed by atoms with Gasteiger partial charge in [-0.2, -0.15) is 5.10 Å². The molecule has 2 aromatic heterocycles. The van der Waals surface area contributed by atoms with E-state index < -0.39 is 17.8 Å². The second-order valence-corrected chi connectivity index (χ2v) is 4.46. The molecule has 5 nitrogen and oxygen atoms in total. The summed E-state index contributed by atoms with van der Waals surface area (Å²) in [4.78, 5) is 17.5. The van der Waals surface area contributed by atoms with Crippen molar-refractivity contribution in [3.63, 3.8) is 0 Å². The number of aromatic amines is 1. The van der Waals surface area contributed by atoms with Gasteiger partial charge in [-0.15, -0.1) is 0 Å². The molecule has 1 N–H and O–H groups in total. The van der Waals surface area contributed by atoms with Gasteiger partial charge in [0.05, 0.1) is 11.9 Å². The third-order valence-electron chi connectivity index (χ3n) is 2.72. The molecule has 1 aromatic carbocycles. The van der Waals surface area contributed by atoms with Gasteiger partial charge in [0.15, 0.2) is 11.5 Å². The highest BCUT2D eigenvalue weighted by molar-refractivity contribution is 6.30. The van der Waals surface area contributed by atoms with Gasteiger partial charge in [-0.1, -0.05) is 17.7 Å². The number of hydrogen-bond acceptors (Lipinski definition) is 3. The maximum atomic E-state index is 12.7. The summed E-state index contributed by atoms with van der Waals surface area (Å²) >= 11 is 5.88. The van der Waals surface area contributed by atoms with E-state index in [0.29, 0.717) is 10.7 Å². The monoisotopic (exact) mass is 296 g/mol. The molecule has 0 unspecified atom stereocenters. The van der Waals surface area contributed by atoms with Crippen LogP contribution in [-0.2, 0) is 0 Å². The van der Waals surface area contributed by atoms with Crippen molar-refractivity contribution in [2.24, 2.45) is 0 Å². The van der Waals surface area contributed by atoms with Crippen LogP contribution < -0.4 is 5.56 Å². The molecule has 0 aliphatic heterocycles. The molecule has 0 radical (unpaired) electrons. The average molecular weight is 297 g/mol. The lowest BCUT2D eigenvalue weighted by molar-refractivity contribution is 0.140. The quantitative estimate of drug-likeness (QED) is 0.791. The van der Waals surface area contributed by atoms with Crippen molar-refractivity contribution in [1.82, 2.24) is 19.7 Å². The molecule has 3 rings (SSSR count). The van der Waals surface area contributed by atoms with Crippen LogP contribution in [0.15, 0.2) is 35.3 Å². The van der Waals surface area contributed by atoms with E-state index in [-0.39, 0.29) is 11.0 Å².